The maximum Gasteiger partial charge on any atom is 0.266 e. The molecule has 0 N–H and O–H groups in total. The number of benzene rings is 2. The molecule has 1 heterocycles. The van der Waals surface area contributed by atoms with E-state index in [4.69, 9.17) is 12.2 Å². The minimum atomic E-state index is -0.00993. The predicted molar refractivity (Wildman–Crippen MR) is 104 cm³/mol. The zero-order chi connectivity index (χ0) is 16.4. The Morgan fingerprint density at radius 1 is 1.13 bits per heavy atom. The first kappa shape index (κ1) is 16.4. The van der Waals surface area contributed by atoms with Crippen LogP contribution in [0.1, 0.15) is 18.1 Å². The first-order valence-electron chi connectivity index (χ1n) is 7.10. The fraction of sp³-hybridized carbons (Fsp3) is 0.111. The van der Waals surface area contributed by atoms with Gasteiger partial charge in [-0.2, -0.15) is 0 Å². The molecule has 3 rings (SSSR count). The maximum absolute atomic E-state index is 12.8. The van der Waals surface area contributed by atoms with Gasteiger partial charge >= 0.3 is 0 Å². The van der Waals surface area contributed by atoms with E-state index in [-0.39, 0.29) is 5.91 Å². The fourth-order valence-corrected chi connectivity index (χ4v) is 3.92. The Morgan fingerprint density at radius 3 is 2.43 bits per heavy atom. The number of halogens is 1. The van der Waals surface area contributed by atoms with Crippen LogP contribution in [0.25, 0.3) is 5.57 Å². The molecule has 23 heavy (non-hydrogen) atoms. The lowest BCUT2D eigenvalue weighted by molar-refractivity contribution is -0.122. The Hall–Kier alpha value is -1.43. The van der Waals surface area contributed by atoms with E-state index >= 15 is 0 Å². The van der Waals surface area contributed by atoms with Gasteiger partial charge in [0, 0.05) is 4.47 Å². The number of thioether (sulfide) groups is 1. The van der Waals surface area contributed by atoms with Crippen molar-refractivity contribution in [1.82, 2.24) is 4.90 Å². The van der Waals surface area contributed by atoms with Crippen LogP contribution in [0.2, 0.25) is 0 Å². The van der Waals surface area contributed by atoms with E-state index in [1.54, 1.807) is 4.90 Å². The highest BCUT2D eigenvalue weighted by Gasteiger charge is 2.33. The summed E-state index contributed by atoms with van der Waals surface area (Å²) in [6.45, 7) is 2.49. The molecule has 2 aromatic rings. The van der Waals surface area contributed by atoms with Gasteiger partial charge in [-0.05, 0) is 35.8 Å². The lowest BCUT2D eigenvalue weighted by Gasteiger charge is -2.14. The highest BCUT2D eigenvalue weighted by Crippen LogP contribution is 2.37. The summed E-state index contributed by atoms with van der Waals surface area (Å²) in [4.78, 5) is 15.1. The van der Waals surface area contributed by atoms with Crippen LogP contribution in [0, 0.1) is 0 Å². The van der Waals surface area contributed by atoms with Gasteiger partial charge in [0.25, 0.3) is 5.91 Å². The summed E-state index contributed by atoms with van der Waals surface area (Å²) >= 11 is 10.2. The van der Waals surface area contributed by atoms with E-state index < -0.39 is 0 Å². The molecule has 0 aliphatic carbocycles. The predicted octanol–water partition coefficient (Wildman–Crippen LogP) is 5.24. The van der Waals surface area contributed by atoms with Crippen molar-refractivity contribution in [3.63, 3.8) is 0 Å². The van der Waals surface area contributed by atoms with Crippen LogP contribution in [0.5, 0.6) is 0 Å². The smallest absolute Gasteiger partial charge is 0.266 e. The van der Waals surface area contributed by atoms with E-state index in [9.17, 15) is 4.79 Å². The van der Waals surface area contributed by atoms with E-state index in [1.165, 1.54) is 11.8 Å². The van der Waals surface area contributed by atoms with Crippen molar-refractivity contribution >= 4 is 55.7 Å². The van der Waals surface area contributed by atoms with Gasteiger partial charge in [-0.15, -0.1) is 0 Å². The lowest BCUT2D eigenvalue weighted by atomic mass is 10.1. The number of allylic oxidation sites excluding steroid dienone is 1. The highest BCUT2D eigenvalue weighted by atomic mass is 79.9. The van der Waals surface area contributed by atoms with Crippen LogP contribution in [0.4, 0.5) is 0 Å². The molecule has 1 saturated heterocycles. The summed E-state index contributed by atoms with van der Waals surface area (Å²) in [6.07, 6.45) is 0. The fourth-order valence-electron chi connectivity index (χ4n) is 2.36. The molecule has 2 nitrogen and oxygen atoms in total. The standard InChI is InChI=1S/C18H14BrNOS2/c1-12(14-7-9-15(19)10-8-14)16-17(21)20(18(22)23-16)11-13-5-3-2-4-6-13/h2-10H,11H2,1H3/b16-12-. The Labute approximate surface area is 153 Å². The number of thiocarbonyl (C=S) groups is 1. The average Bonchev–Trinajstić information content (AvgIpc) is 2.84. The Balaban J connectivity index is 1.88. The first-order valence-corrected chi connectivity index (χ1v) is 9.12. The monoisotopic (exact) mass is 403 g/mol. The van der Waals surface area contributed by atoms with Crippen molar-refractivity contribution in [2.45, 2.75) is 13.5 Å². The van der Waals surface area contributed by atoms with E-state index in [2.05, 4.69) is 15.9 Å². The first-order chi connectivity index (χ1) is 11.1. The number of carbonyl (C=O) groups excluding carboxylic acids is 1. The normalized spacial score (nSPS) is 16.9. The van der Waals surface area contributed by atoms with Gasteiger partial charge < -0.3 is 0 Å². The van der Waals surface area contributed by atoms with Crippen LogP contribution in [0.15, 0.2) is 64.0 Å². The van der Waals surface area contributed by atoms with Crippen molar-refractivity contribution in [2.75, 3.05) is 0 Å². The molecule has 0 unspecified atom stereocenters. The SMILES string of the molecule is C/C(=C1/SC(=S)N(Cc2ccccc2)C1=O)c1ccc(Br)cc1. The van der Waals surface area contributed by atoms with Crippen molar-refractivity contribution in [2.24, 2.45) is 0 Å². The number of nitrogens with zero attached hydrogens (tertiary/aromatic N) is 1. The molecule has 116 valence electrons. The molecular formula is C18H14BrNOS2. The zero-order valence-electron chi connectivity index (χ0n) is 12.5. The summed E-state index contributed by atoms with van der Waals surface area (Å²) in [5.41, 5.74) is 3.07. The van der Waals surface area contributed by atoms with Crippen molar-refractivity contribution in [3.8, 4) is 0 Å². The molecule has 1 fully saturated rings. The molecule has 0 radical (unpaired) electrons. The third-order valence-electron chi connectivity index (χ3n) is 3.65. The molecule has 0 spiro atoms. The molecule has 0 atom stereocenters. The summed E-state index contributed by atoms with van der Waals surface area (Å²) in [7, 11) is 0. The van der Waals surface area contributed by atoms with Crippen molar-refractivity contribution in [1.29, 1.82) is 0 Å². The summed E-state index contributed by atoms with van der Waals surface area (Å²) in [5.74, 6) is -0.00993. The second-order valence-corrected chi connectivity index (χ2v) is 7.77. The second kappa shape index (κ2) is 6.99. The van der Waals surface area contributed by atoms with Crippen LogP contribution in [-0.2, 0) is 11.3 Å². The molecule has 0 bridgehead atoms. The molecule has 1 aliphatic heterocycles. The Morgan fingerprint density at radius 2 is 1.78 bits per heavy atom. The summed E-state index contributed by atoms with van der Waals surface area (Å²) in [6, 6.07) is 17.9. The largest absolute Gasteiger partial charge is 0.288 e. The van der Waals surface area contributed by atoms with Crippen molar-refractivity contribution < 1.29 is 4.79 Å². The van der Waals surface area contributed by atoms with Crippen LogP contribution in [0.3, 0.4) is 0 Å². The third kappa shape index (κ3) is 3.57. The molecule has 1 aliphatic rings. The van der Waals surface area contributed by atoms with Crippen LogP contribution < -0.4 is 0 Å². The quantitative estimate of drug-likeness (QED) is 0.516. The van der Waals surface area contributed by atoms with Crippen LogP contribution in [-0.4, -0.2) is 15.1 Å². The number of rotatable bonds is 3. The number of amides is 1. The van der Waals surface area contributed by atoms with E-state index in [1.807, 2.05) is 61.5 Å². The molecule has 0 saturated carbocycles. The molecule has 1 amide bonds. The molecule has 0 aromatic heterocycles. The van der Waals surface area contributed by atoms with Gasteiger partial charge in [-0.25, -0.2) is 0 Å². The third-order valence-corrected chi connectivity index (χ3v) is 5.73. The van der Waals surface area contributed by atoms with Gasteiger partial charge in [0.15, 0.2) is 0 Å². The average molecular weight is 404 g/mol. The van der Waals surface area contributed by atoms with Gasteiger partial charge in [0.05, 0.1) is 11.4 Å². The minimum absolute atomic E-state index is 0.00993. The lowest BCUT2D eigenvalue weighted by Crippen LogP contribution is -2.27. The minimum Gasteiger partial charge on any atom is -0.288 e. The molecular weight excluding hydrogens is 390 g/mol. The topological polar surface area (TPSA) is 20.3 Å². The second-order valence-electron chi connectivity index (χ2n) is 5.21. The number of hydrogen-bond acceptors (Lipinski definition) is 3. The van der Waals surface area contributed by atoms with Gasteiger partial charge in [-0.1, -0.05) is 82.4 Å². The molecule has 5 heteroatoms. The van der Waals surface area contributed by atoms with Crippen molar-refractivity contribution in [3.05, 3.63) is 75.1 Å². The van der Waals surface area contributed by atoms with Gasteiger partial charge in [0.2, 0.25) is 0 Å². The summed E-state index contributed by atoms with van der Waals surface area (Å²) < 4.78 is 1.64. The van der Waals surface area contributed by atoms with E-state index in [0.717, 1.165) is 21.2 Å². The number of carbonyl (C=O) groups is 1. The Bertz CT molecular complexity index is 784. The number of hydrogen-bond donors (Lipinski definition) is 0. The summed E-state index contributed by atoms with van der Waals surface area (Å²) in [5, 5.41) is 0. The highest BCUT2D eigenvalue weighted by molar-refractivity contribution is 9.10. The van der Waals surface area contributed by atoms with E-state index in [0.29, 0.717) is 15.8 Å². The maximum atomic E-state index is 12.8. The zero-order valence-corrected chi connectivity index (χ0v) is 15.7. The van der Waals surface area contributed by atoms with Crippen LogP contribution >= 0.6 is 39.9 Å². The molecule has 2 aromatic carbocycles. The Kier molecular flexibility index (Phi) is 4.99. The van der Waals surface area contributed by atoms with Gasteiger partial charge in [-0.3, -0.25) is 9.69 Å². The van der Waals surface area contributed by atoms with Gasteiger partial charge in [0.1, 0.15) is 4.32 Å².